The fraction of sp³-hybridized carbons (Fsp3) is 0.684. The third-order valence-electron chi connectivity index (χ3n) is 4.89. The summed E-state index contributed by atoms with van der Waals surface area (Å²) >= 11 is 6.49. The van der Waals surface area contributed by atoms with Gasteiger partial charge in [-0.05, 0) is 48.8 Å². The third kappa shape index (κ3) is 4.72. The van der Waals surface area contributed by atoms with Crippen LogP contribution in [-0.2, 0) is 0 Å². The van der Waals surface area contributed by atoms with Crippen LogP contribution in [0.2, 0.25) is 5.02 Å². The summed E-state index contributed by atoms with van der Waals surface area (Å²) in [4.78, 5) is 0. The van der Waals surface area contributed by atoms with Crippen LogP contribution in [0, 0.1) is 11.8 Å². The zero-order valence-corrected chi connectivity index (χ0v) is 14.5. The van der Waals surface area contributed by atoms with Gasteiger partial charge in [0.1, 0.15) is 0 Å². The van der Waals surface area contributed by atoms with Crippen molar-refractivity contribution in [1.29, 1.82) is 0 Å². The highest BCUT2D eigenvalue weighted by molar-refractivity contribution is 6.31. The summed E-state index contributed by atoms with van der Waals surface area (Å²) in [6.45, 7) is 7.88. The van der Waals surface area contributed by atoms with Crippen molar-refractivity contribution in [2.45, 2.75) is 64.8 Å². The highest BCUT2D eigenvalue weighted by Crippen LogP contribution is 2.43. The lowest BCUT2D eigenvalue weighted by molar-refractivity contribution is 0.217. The van der Waals surface area contributed by atoms with E-state index in [1.54, 1.807) is 0 Å². The maximum atomic E-state index is 6.49. The van der Waals surface area contributed by atoms with E-state index in [0.717, 1.165) is 23.4 Å². The Kier molecular flexibility index (Phi) is 6.57. The van der Waals surface area contributed by atoms with Gasteiger partial charge in [-0.1, -0.05) is 69.8 Å². The average molecular weight is 308 g/mol. The molecule has 0 radical (unpaired) electrons. The molecular formula is C19H30ClN. The van der Waals surface area contributed by atoms with Crippen molar-refractivity contribution in [2.24, 2.45) is 11.8 Å². The molecule has 1 aromatic carbocycles. The van der Waals surface area contributed by atoms with Gasteiger partial charge >= 0.3 is 0 Å². The zero-order valence-electron chi connectivity index (χ0n) is 13.7. The van der Waals surface area contributed by atoms with Crippen LogP contribution in [0.4, 0.5) is 0 Å². The van der Waals surface area contributed by atoms with Gasteiger partial charge in [0.25, 0.3) is 0 Å². The number of nitrogens with one attached hydrogen (secondary N) is 1. The van der Waals surface area contributed by atoms with E-state index in [9.17, 15) is 0 Å². The molecule has 0 aliphatic heterocycles. The Morgan fingerprint density at radius 1 is 1.24 bits per heavy atom. The highest BCUT2D eigenvalue weighted by atomic mass is 35.5. The van der Waals surface area contributed by atoms with Gasteiger partial charge < -0.3 is 5.32 Å². The number of hydrogen-bond acceptors (Lipinski definition) is 1. The van der Waals surface area contributed by atoms with Crippen LogP contribution in [-0.4, -0.2) is 12.6 Å². The van der Waals surface area contributed by atoms with Crippen LogP contribution in [0.25, 0.3) is 0 Å². The van der Waals surface area contributed by atoms with Crippen LogP contribution in [0.15, 0.2) is 24.3 Å². The molecule has 0 spiro atoms. The maximum absolute atomic E-state index is 6.49. The minimum absolute atomic E-state index is 0.560. The first-order valence-corrected chi connectivity index (χ1v) is 8.97. The summed E-state index contributed by atoms with van der Waals surface area (Å²) in [6.07, 6.45) is 6.70. The molecule has 1 aromatic rings. The highest BCUT2D eigenvalue weighted by Gasteiger charge is 2.32. The molecule has 1 N–H and O–H groups in total. The van der Waals surface area contributed by atoms with E-state index in [-0.39, 0.29) is 0 Å². The zero-order chi connectivity index (χ0) is 15.2. The van der Waals surface area contributed by atoms with Crippen LogP contribution in [0.3, 0.4) is 0 Å². The molecule has 0 bridgehead atoms. The first kappa shape index (κ1) is 16.8. The summed E-state index contributed by atoms with van der Waals surface area (Å²) in [5.41, 5.74) is 1.37. The van der Waals surface area contributed by atoms with E-state index in [4.69, 9.17) is 11.6 Å². The van der Waals surface area contributed by atoms with Gasteiger partial charge in [-0.3, -0.25) is 0 Å². The first-order chi connectivity index (χ1) is 10.1. The summed E-state index contributed by atoms with van der Waals surface area (Å²) in [5.74, 6) is 2.22. The second-order valence-electron chi connectivity index (χ2n) is 6.92. The third-order valence-corrected chi connectivity index (χ3v) is 5.24. The second kappa shape index (κ2) is 8.19. The van der Waals surface area contributed by atoms with E-state index in [1.807, 2.05) is 12.1 Å². The van der Waals surface area contributed by atoms with E-state index in [1.165, 1.54) is 37.7 Å². The van der Waals surface area contributed by atoms with Crippen LogP contribution in [0.5, 0.6) is 0 Å². The van der Waals surface area contributed by atoms with E-state index in [0.29, 0.717) is 12.0 Å². The van der Waals surface area contributed by atoms with Crippen molar-refractivity contribution in [2.75, 3.05) is 6.54 Å². The molecule has 1 aliphatic carbocycles. The number of halogens is 1. The predicted octanol–water partition coefficient (Wildman–Crippen LogP) is 5.64. The van der Waals surface area contributed by atoms with Gasteiger partial charge in [0.05, 0.1) is 0 Å². The summed E-state index contributed by atoms with van der Waals surface area (Å²) in [5, 5.41) is 4.59. The Balaban J connectivity index is 2.14. The number of hydrogen-bond donors (Lipinski definition) is 1. The van der Waals surface area contributed by atoms with Crippen LogP contribution < -0.4 is 5.32 Å². The van der Waals surface area contributed by atoms with Crippen molar-refractivity contribution in [3.05, 3.63) is 34.9 Å². The van der Waals surface area contributed by atoms with Crippen LogP contribution >= 0.6 is 11.6 Å². The summed E-state index contributed by atoms with van der Waals surface area (Å²) in [7, 11) is 0. The first-order valence-electron chi connectivity index (χ1n) is 8.59. The van der Waals surface area contributed by atoms with Gasteiger partial charge in [-0.25, -0.2) is 0 Å². The van der Waals surface area contributed by atoms with Gasteiger partial charge in [-0.15, -0.1) is 0 Å². The second-order valence-corrected chi connectivity index (χ2v) is 7.33. The molecule has 1 fully saturated rings. The molecule has 1 nitrogen and oxygen atoms in total. The molecule has 1 saturated carbocycles. The Morgan fingerprint density at radius 2 is 2.00 bits per heavy atom. The lowest BCUT2D eigenvalue weighted by atomic mass is 9.70. The molecule has 0 aromatic heterocycles. The van der Waals surface area contributed by atoms with Gasteiger partial charge in [-0.2, -0.15) is 0 Å². The molecule has 0 amide bonds. The standard InChI is InChI=1S/C19H30ClN/c1-4-7-15-10-11-16(13-21-14(2)3)18(12-15)17-8-5-6-9-19(17)20/h5-6,8-9,14-16,18,21H,4,7,10-13H2,1-3H3. The maximum Gasteiger partial charge on any atom is 0.0440 e. The summed E-state index contributed by atoms with van der Waals surface area (Å²) < 4.78 is 0. The number of benzene rings is 1. The van der Waals surface area contributed by atoms with Gasteiger partial charge in [0.15, 0.2) is 0 Å². The topological polar surface area (TPSA) is 12.0 Å². The normalized spacial score (nSPS) is 26.2. The van der Waals surface area contributed by atoms with Crippen molar-refractivity contribution < 1.29 is 0 Å². The molecule has 2 rings (SSSR count). The molecule has 3 unspecified atom stereocenters. The fourth-order valence-corrected chi connectivity index (χ4v) is 4.05. The lowest BCUT2D eigenvalue weighted by Crippen LogP contribution is -2.35. The molecular weight excluding hydrogens is 278 g/mol. The average Bonchev–Trinajstić information content (AvgIpc) is 2.46. The van der Waals surface area contributed by atoms with Gasteiger partial charge in [0, 0.05) is 11.1 Å². The van der Waals surface area contributed by atoms with Crippen molar-refractivity contribution in [3.63, 3.8) is 0 Å². The quantitative estimate of drug-likeness (QED) is 0.717. The SMILES string of the molecule is CCCC1CCC(CNC(C)C)C(c2ccccc2Cl)C1. The van der Waals surface area contributed by atoms with E-state index >= 15 is 0 Å². The van der Waals surface area contributed by atoms with E-state index in [2.05, 4.69) is 38.2 Å². The van der Waals surface area contributed by atoms with Crippen molar-refractivity contribution >= 4 is 11.6 Å². The molecule has 1 aliphatic rings. The molecule has 3 atom stereocenters. The Labute approximate surface area is 135 Å². The Bertz CT molecular complexity index is 429. The largest absolute Gasteiger partial charge is 0.314 e. The Hall–Kier alpha value is -0.530. The molecule has 2 heteroatoms. The molecule has 0 saturated heterocycles. The number of rotatable bonds is 6. The Morgan fingerprint density at radius 3 is 2.67 bits per heavy atom. The lowest BCUT2D eigenvalue weighted by Gasteiger charge is -2.37. The van der Waals surface area contributed by atoms with Gasteiger partial charge in [0.2, 0.25) is 0 Å². The minimum Gasteiger partial charge on any atom is -0.314 e. The van der Waals surface area contributed by atoms with Crippen molar-refractivity contribution in [1.82, 2.24) is 5.32 Å². The molecule has 118 valence electrons. The van der Waals surface area contributed by atoms with Crippen LogP contribution in [0.1, 0.15) is 64.4 Å². The minimum atomic E-state index is 0.560. The molecule has 0 heterocycles. The predicted molar refractivity (Wildman–Crippen MR) is 93.1 cm³/mol. The smallest absolute Gasteiger partial charge is 0.0440 e. The monoisotopic (exact) mass is 307 g/mol. The van der Waals surface area contributed by atoms with E-state index < -0.39 is 0 Å². The molecule has 21 heavy (non-hydrogen) atoms. The van der Waals surface area contributed by atoms with Crippen molar-refractivity contribution in [3.8, 4) is 0 Å². The summed E-state index contributed by atoms with van der Waals surface area (Å²) in [6, 6.07) is 9.03. The fourth-order valence-electron chi connectivity index (χ4n) is 3.78.